The highest BCUT2D eigenvalue weighted by molar-refractivity contribution is 5.94. The van der Waals surface area contributed by atoms with Crippen molar-refractivity contribution in [3.63, 3.8) is 0 Å². The summed E-state index contributed by atoms with van der Waals surface area (Å²) in [6, 6.07) is 0. The van der Waals surface area contributed by atoms with E-state index < -0.39 is 53.4 Å². The Labute approximate surface area is 185 Å². The zero-order valence-electron chi connectivity index (χ0n) is 18.9. The highest BCUT2D eigenvalue weighted by Gasteiger charge is 2.63. The second-order valence-electron chi connectivity index (χ2n) is 8.68. The second kappa shape index (κ2) is 8.65. The maximum absolute atomic E-state index is 13.1. The molecule has 1 saturated heterocycles. The highest BCUT2D eigenvalue weighted by atomic mass is 16.7. The van der Waals surface area contributed by atoms with Crippen LogP contribution in [0.3, 0.4) is 0 Å². The third-order valence-corrected chi connectivity index (χ3v) is 6.06. The topological polar surface area (TPSA) is 135 Å². The predicted octanol–water partition coefficient (Wildman–Crippen LogP) is 1.33. The Balaban J connectivity index is 2.12. The van der Waals surface area contributed by atoms with E-state index >= 15 is 0 Å². The van der Waals surface area contributed by atoms with Crippen molar-refractivity contribution >= 4 is 29.7 Å². The van der Waals surface area contributed by atoms with Crippen molar-refractivity contribution in [2.24, 2.45) is 0 Å². The Bertz CT molecular complexity index is 889. The number of carbonyl (C=O) groups is 5. The summed E-state index contributed by atoms with van der Waals surface area (Å²) in [5.41, 5.74) is -2.08. The summed E-state index contributed by atoms with van der Waals surface area (Å²) in [5, 5.41) is 0. The monoisotopic (exact) mass is 452 g/mol. The number of fused-ring (bicyclic) bond motifs is 3. The number of esters is 4. The summed E-state index contributed by atoms with van der Waals surface area (Å²) >= 11 is 0. The van der Waals surface area contributed by atoms with Gasteiger partial charge in [-0.3, -0.25) is 19.2 Å². The maximum atomic E-state index is 13.1. The Morgan fingerprint density at radius 2 is 1.81 bits per heavy atom. The molecule has 0 spiro atoms. The average molecular weight is 452 g/mol. The SMILES string of the molecule is CCC(=O)OC1CC(C)(OC(C)=O)C(=O)CCC2(C)OC2C2OC(=O)C(COC(C)=O)=C12. The molecule has 1 saturated carbocycles. The van der Waals surface area contributed by atoms with E-state index in [-0.39, 0.29) is 42.8 Å². The van der Waals surface area contributed by atoms with Crippen LogP contribution < -0.4 is 0 Å². The van der Waals surface area contributed by atoms with Crippen LogP contribution in [-0.4, -0.2) is 65.8 Å². The molecule has 1 aliphatic carbocycles. The number of ketones is 1. The summed E-state index contributed by atoms with van der Waals surface area (Å²) in [7, 11) is 0. The van der Waals surface area contributed by atoms with E-state index in [0.29, 0.717) is 6.42 Å². The number of ether oxygens (including phenoxy) is 5. The zero-order chi connectivity index (χ0) is 23.8. The molecule has 32 heavy (non-hydrogen) atoms. The standard InChI is InChI=1S/C22H28O10/c1-6-16(26)29-14-9-22(5,31-12(3)24)15(25)7-8-21(4)19(32-21)18-17(14)13(20(27)30-18)10-28-11(2)23/h14,18-19H,6-10H2,1-5H3. The van der Waals surface area contributed by atoms with Gasteiger partial charge >= 0.3 is 23.9 Å². The highest BCUT2D eigenvalue weighted by Crippen LogP contribution is 2.50. The van der Waals surface area contributed by atoms with E-state index in [2.05, 4.69) is 0 Å². The van der Waals surface area contributed by atoms with E-state index in [9.17, 15) is 24.0 Å². The molecule has 0 aromatic carbocycles. The van der Waals surface area contributed by atoms with Crippen molar-refractivity contribution in [2.75, 3.05) is 6.61 Å². The summed E-state index contributed by atoms with van der Waals surface area (Å²) in [5.74, 6) is -2.94. The molecule has 0 radical (unpaired) electrons. The van der Waals surface area contributed by atoms with Crippen LogP contribution in [0.4, 0.5) is 0 Å². The number of Topliss-reactive ketones (excluding diaryl/α,β-unsaturated/α-hetero) is 1. The molecule has 2 heterocycles. The molecule has 176 valence electrons. The first-order valence-electron chi connectivity index (χ1n) is 10.6. The van der Waals surface area contributed by atoms with Gasteiger partial charge in [0.15, 0.2) is 17.5 Å². The quantitative estimate of drug-likeness (QED) is 0.341. The number of epoxide rings is 1. The average Bonchev–Trinajstić information content (AvgIpc) is 3.25. The van der Waals surface area contributed by atoms with Gasteiger partial charge in [0, 0.05) is 38.7 Å². The predicted molar refractivity (Wildman–Crippen MR) is 106 cm³/mol. The fourth-order valence-electron chi connectivity index (χ4n) is 4.26. The molecule has 3 rings (SSSR count). The number of hydrogen-bond donors (Lipinski definition) is 0. The van der Waals surface area contributed by atoms with Crippen LogP contribution in [0, 0.1) is 0 Å². The third kappa shape index (κ3) is 4.69. The van der Waals surface area contributed by atoms with Gasteiger partial charge in [0.05, 0.1) is 11.2 Å². The molecule has 0 N–H and O–H groups in total. The molecule has 0 aromatic rings. The minimum atomic E-state index is -1.61. The van der Waals surface area contributed by atoms with Gasteiger partial charge in [0.1, 0.15) is 18.8 Å². The van der Waals surface area contributed by atoms with Crippen molar-refractivity contribution in [2.45, 2.75) is 89.8 Å². The van der Waals surface area contributed by atoms with Crippen LogP contribution in [-0.2, 0) is 47.7 Å². The maximum Gasteiger partial charge on any atom is 0.338 e. The molecule has 0 aromatic heterocycles. The Kier molecular flexibility index (Phi) is 6.46. The lowest BCUT2D eigenvalue weighted by Gasteiger charge is -2.34. The number of rotatable bonds is 5. The minimum absolute atomic E-state index is 0.0233. The van der Waals surface area contributed by atoms with Crippen molar-refractivity contribution in [1.29, 1.82) is 0 Å². The number of carbonyl (C=O) groups excluding carboxylic acids is 5. The lowest BCUT2D eigenvalue weighted by Crippen LogP contribution is -2.47. The Morgan fingerprint density at radius 1 is 1.12 bits per heavy atom. The van der Waals surface area contributed by atoms with Gasteiger partial charge < -0.3 is 23.7 Å². The lowest BCUT2D eigenvalue weighted by atomic mass is 9.80. The minimum Gasteiger partial charge on any atom is -0.461 e. The Hall–Kier alpha value is -2.75. The smallest absolute Gasteiger partial charge is 0.338 e. The van der Waals surface area contributed by atoms with Crippen LogP contribution in [0.2, 0.25) is 0 Å². The molecule has 2 aliphatic heterocycles. The molecule has 5 unspecified atom stereocenters. The van der Waals surface area contributed by atoms with Gasteiger partial charge in [-0.2, -0.15) is 0 Å². The first-order chi connectivity index (χ1) is 14.9. The normalized spacial score (nSPS) is 34.1. The van der Waals surface area contributed by atoms with E-state index in [1.54, 1.807) is 13.8 Å². The fourth-order valence-corrected chi connectivity index (χ4v) is 4.26. The summed E-state index contributed by atoms with van der Waals surface area (Å²) in [4.78, 5) is 61.2. The van der Waals surface area contributed by atoms with Crippen molar-refractivity contribution in [3.05, 3.63) is 11.1 Å². The second-order valence-corrected chi connectivity index (χ2v) is 8.68. The van der Waals surface area contributed by atoms with E-state index in [4.69, 9.17) is 23.7 Å². The van der Waals surface area contributed by atoms with Gasteiger partial charge in [0.2, 0.25) is 0 Å². The molecule has 0 bridgehead atoms. The van der Waals surface area contributed by atoms with Gasteiger partial charge in [-0.15, -0.1) is 0 Å². The fraction of sp³-hybridized carbons (Fsp3) is 0.682. The molecular formula is C22H28O10. The molecular weight excluding hydrogens is 424 g/mol. The first-order valence-corrected chi connectivity index (χ1v) is 10.6. The van der Waals surface area contributed by atoms with Crippen LogP contribution in [0.1, 0.15) is 60.3 Å². The van der Waals surface area contributed by atoms with Gasteiger partial charge in [-0.1, -0.05) is 6.92 Å². The molecule has 3 aliphatic rings. The molecule has 5 atom stereocenters. The summed E-state index contributed by atoms with van der Waals surface area (Å²) in [6.45, 7) is 6.84. The molecule has 10 heteroatoms. The zero-order valence-corrected chi connectivity index (χ0v) is 18.9. The largest absolute Gasteiger partial charge is 0.461 e. The van der Waals surface area contributed by atoms with E-state index in [0.717, 1.165) is 0 Å². The van der Waals surface area contributed by atoms with E-state index in [1.165, 1.54) is 20.8 Å². The number of hydrogen-bond acceptors (Lipinski definition) is 10. The lowest BCUT2D eigenvalue weighted by molar-refractivity contribution is -0.169. The summed E-state index contributed by atoms with van der Waals surface area (Å²) in [6.07, 6.45) is -2.36. The van der Waals surface area contributed by atoms with Gasteiger partial charge in [-0.25, -0.2) is 4.79 Å². The van der Waals surface area contributed by atoms with E-state index in [1.807, 2.05) is 0 Å². The van der Waals surface area contributed by atoms with Crippen molar-refractivity contribution in [1.82, 2.24) is 0 Å². The van der Waals surface area contributed by atoms with Gasteiger partial charge in [-0.05, 0) is 20.3 Å². The van der Waals surface area contributed by atoms with Crippen molar-refractivity contribution < 1.29 is 47.7 Å². The third-order valence-electron chi connectivity index (χ3n) is 6.06. The van der Waals surface area contributed by atoms with Crippen molar-refractivity contribution in [3.8, 4) is 0 Å². The van der Waals surface area contributed by atoms with Crippen LogP contribution in [0.15, 0.2) is 11.1 Å². The summed E-state index contributed by atoms with van der Waals surface area (Å²) < 4.78 is 27.5. The molecule has 0 amide bonds. The molecule has 10 nitrogen and oxygen atoms in total. The van der Waals surface area contributed by atoms with Crippen LogP contribution in [0.25, 0.3) is 0 Å². The van der Waals surface area contributed by atoms with Crippen LogP contribution in [0.5, 0.6) is 0 Å². The van der Waals surface area contributed by atoms with Crippen LogP contribution >= 0.6 is 0 Å². The Morgan fingerprint density at radius 3 is 2.41 bits per heavy atom. The van der Waals surface area contributed by atoms with Gasteiger partial charge in [0.25, 0.3) is 0 Å². The first kappa shape index (κ1) is 23.9. The molecule has 2 fully saturated rings.